The van der Waals surface area contributed by atoms with Gasteiger partial charge in [-0.2, -0.15) is 5.10 Å². The highest BCUT2D eigenvalue weighted by Crippen LogP contribution is 2.17. The van der Waals surface area contributed by atoms with Gasteiger partial charge in [-0.3, -0.25) is 0 Å². The lowest BCUT2D eigenvalue weighted by atomic mass is 10.3. The third-order valence-electron chi connectivity index (χ3n) is 5.01. The summed E-state index contributed by atoms with van der Waals surface area (Å²) in [4.78, 5) is 21.5. The molecule has 140 valence electrons. The summed E-state index contributed by atoms with van der Waals surface area (Å²) in [5.74, 6) is 0.681. The lowest BCUT2D eigenvalue weighted by Crippen LogP contribution is -2.43. The van der Waals surface area contributed by atoms with E-state index in [1.807, 2.05) is 30.2 Å². The molecule has 0 aromatic carbocycles. The maximum Gasteiger partial charge on any atom is 0.322 e. The maximum absolute atomic E-state index is 12.8. The van der Waals surface area contributed by atoms with Crippen LogP contribution in [-0.2, 0) is 4.74 Å². The van der Waals surface area contributed by atoms with Gasteiger partial charge in [0.15, 0.2) is 5.65 Å². The van der Waals surface area contributed by atoms with Crippen molar-refractivity contribution in [2.24, 2.45) is 0 Å². The molecule has 2 aromatic heterocycles. The van der Waals surface area contributed by atoms with Crippen LogP contribution in [0.3, 0.4) is 0 Å². The van der Waals surface area contributed by atoms with E-state index < -0.39 is 0 Å². The molecule has 2 aliphatic heterocycles. The Morgan fingerprint density at radius 1 is 1.31 bits per heavy atom. The number of hydrogen-bond acceptors (Lipinski definition) is 5. The van der Waals surface area contributed by atoms with Gasteiger partial charge >= 0.3 is 6.03 Å². The normalized spacial score (nSPS) is 21.9. The molecular weight excluding hydrogens is 332 g/mol. The molecule has 26 heavy (non-hydrogen) atoms. The first-order valence-corrected chi connectivity index (χ1v) is 9.41. The number of carbonyl (C=O) groups excluding carboxylic acids is 1. The average Bonchev–Trinajstić information content (AvgIpc) is 3.19. The van der Waals surface area contributed by atoms with E-state index in [1.165, 1.54) is 12.8 Å². The number of likely N-dealkylation sites (tertiary alicyclic amines) is 1. The van der Waals surface area contributed by atoms with Gasteiger partial charge in [0.05, 0.1) is 11.8 Å². The molecule has 2 aromatic rings. The topological polar surface area (TPSA) is 75.0 Å². The van der Waals surface area contributed by atoms with Gasteiger partial charge in [0, 0.05) is 32.4 Å². The van der Waals surface area contributed by atoms with Gasteiger partial charge in [0.25, 0.3) is 0 Å². The number of ether oxygens (including phenoxy) is 1. The Morgan fingerprint density at radius 2 is 2.15 bits per heavy atom. The molecule has 4 heterocycles. The Bertz CT molecular complexity index is 770. The summed E-state index contributed by atoms with van der Waals surface area (Å²) >= 11 is 0. The molecule has 0 unspecified atom stereocenters. The molecule has 0 saturated carbocycles. The van der Waals surface area contributed by atoms with Crippen LogP contribution in [0, 0.1) is 6.92 Å². The third-order valence-corrected chi connectivity index (χ3v) is 5.01. The second kappa shape index (κ2) is 7.59. The fourth-order valence-electron chi connectivity index (χ4n) is 3.75. The summed E-state index contributed by atoms with van der Waals surface area (Å²) in [5, 5.41) is 7.30. The standard InChI is InChI=1S/C18H26N6O2/c1-14-19-17-16(6-4-10-24(17)21-14)20-18(25)23-9-5-11-26-15(13-23)12-22-7-2-3-8-22/h4,6,10,15H,2-3,5,7-9,11-13H2,1H3,(H,20,25)/t15-/m1/s1. The Morgan fingerprint density at radius 3 is 3.00 bits per heavy atom. The largest absolute Gasteiger partial charge is 0.375 e. The van der Waals surface area contributed by atoms with Crippen molar-refractivity contribution in [2.45, 2.75) is 32.3 Å². The highest BCUT2D eigenvalue weighted by molar-refractivity contribution is 5.93. The SMILES string of the molecule is Cc1nc2c(NC(=O)N3CCCO[C@H](CN4CCCC4)C3)cccn2n1. The molecule has 1 N–H and O–H groups in total. The predicted octanol–water partition coefficient (Wildman–Crippen LogP) is 1.76. The van der Waals surface area contributed by atoms with Crippen LogP contribution in [0.5, 0.6) is 0 Å². The van der Waals surface area contributed by atoms with Gasteiger partial charge in [0.1, 0.15) is 5.82 Å². The van der Waals surface area contributed by atoms with Crippen LogP contribution >= 0.6 is 0 Å². The highest BCUT2D eigenvalue weighted by Gasteiger charge is 2.25. The lowest BCUT2D eigenvalue weighted by molar-refractivity contribution is 0.0355. The van der Waals surface area contributed by atoms with E-state index >= 15 is 0 Å². The van der Waals surface area contributed by atoms with Crippen molar-refractivity contribution < 1.29 is 9.53 Å². The minimum atomic E-state index is -0.101. The zero-order valence-electron chi connectivity index (χ0n) is 15.2. The molecule has 0 bridgehead atoms. The van der Waals surface area contributed by atoms with E-state index in [0.29, 0.717) is 36.9 Å². The molecule has 0 radical (unpaired) electrons. The van der Waals surface area contributed by atoms with Crippen LogP contribution in [-0.4, -0.2) is 75.9 Å². The lowest BCUT2D eigenvalue weighted by Gasteiger charge is -2.27. The van der Waals surface area contributed by atoms with Gasteiger partial charge in [0.2, 0.25) is 0 Å². The molecular formula is C18H26N6O2. The number of amides is 2. The zero-order chi connectivity index (χ0) is 17.9. The second-order valence-corrected chi connectivity index (χ2v) is 7.08. The van der Waals surface area contributed by atoms with Gasteiger partial charge < -0.3 is 19.9 Å². The minimum absolute atomic E-state index is 0.0764. The van der Waals surface area contributed by atoms with Crippen molar-refractivity contribution in [3.05, 3.63) is 24.2 Å². The molecule has 2 aliphatic rings. The smallest absolute Gasteiger partial charge is 0.322 e. The molecule has 2 saturated heterocycles. The number of fused-ring (bicyclic) bond motifs is 1. The van der Waals surface area contributed by atoms with Crippen molar-refractivity contribution in [3.63, 3.8) is 0 Å². The zero-order valence-corrected chi connectivity index (χ0v) is 15.2. The van der Waals surface area contributed by atoms with E-state index in [1.54, 1.807) is 4.52 Å². The van der Waals surface area contributed by atoms with E-state index in [0.717, 1.165) is 26.1 Å². The van der Waals surface area contributed by atoms with Crippen LogP contribution in [0.25, 0.3) is 5.65 Å². The fourth-order valence-corrected chi connectivity index (χ4v) is 3.75. The van der Waals surface area contributed by atoms with Crippen LogP contribution in [0.4, 0.5) is 10.5 Å². The fraction of sp³-hybridized carbons (Fsp3) is 0.611. The van der Waals surface area contributed by atoms with E-state index in [2.05, 4.69) is 20.3 Å². The summed E-state index contributed by atoms with van der Waals surface area (Å²) in [6.07, 6.45) is 5.29. The number of hydrogen-bond donors (Lipinski definition) is 1. The molecule has 2 fully saturated rings. The van der Waals surface area contributed by atoms with Crippen molar-refractivity contribution in [3.8, 4) is 0 Å². The van der Waals surface area contributed by atoms with Crippen molar-refractivity contribution in [1.82, 2.24) is 24.4 Å². The molecule has 8 nitrogen and oxygen atoms in total. The molecule has 0 spiro atoms. The van der Waals surface area contributed by atoms with Crippen LogP contribution in [0.15, 0.2) is 18.3 Å². The van der Waals surface area contributed by atoms with Crippen LogP contribution in [0.2, 0.25) is 0 Å². The van der Waals surface area contributed by atoms with Crippen molar-refractivity contribution in [2.75, 3.05) is 44.6 Å². The van der Waals surface area contributed by atoms with Gasteiger partial charge in [-0.1, -0.05) is 0 Å². The monoisotopic (exact) mass is 358 g/mol. The Kier molecular flexibility index (Phi) is 5.03. The first-order chi connectivity index (χ1) is 12.7. The van der Waals surface area contributed by atoms with Gasteiger partial charge in [-0.25, -0.2) is 14.3 Å². The number of aryl methyl sites for hydroxylation is 1. The summed E-state index contributed by atoms with van der Waals surface area (Å²) in [6, 6.07) is 3.62. The Labute approximate surface area is 153 Å². The van der Waals surface area contributed by atoms with Gasteiger partial charge in [-0.05, 0) is 51.4 Å². The molecule has 2 amide bonds. The van der Waals surface area contributed by atoms with E-state index in [-0.39, 0.29) is 12.1 Å². The summed E-state index contributed by atoms with van der Waals surface area (Å²) in [6.45, 7) is 7.06. The van der Waals surface area contributed by atoms with Gasteiger partial charge in [-0.15, -0.1) is 0 Å². The number of rotatable bonds is 3. The van der Waals surface area contributed by atoms with Crippen molar-refractivity contribution in [1.29, 1.82) is 0 Å². The molecule has 4 rings (SSSR count). The van der Waals surface area contributed by atoms with Crippen LogP contribution < -0.4 is 5.32 Å². The first kappa shape index (κ1) is 17.2. The summed E-state index contributed by atoms with van der Waals surface area (Å²) < 4.78 is 7.67. The van der Waals surface area contributed by atoms with E-state index in [9.17, 15) is 4.79 Å². The number of urea groups is 1. The number of nitrogens with zero attached hydrogens (tertiary/aromatic N) is 5. The third kappa shape index (κ3) is 3.81. The first-order valence-electron chi connectivity index (χ1n) is 9.41. The Balaban J connectivity index is 1.43. The van der Waals surface area contributed by atoms with Crippen LogP contribution in [0.1, 0.15) is 25.1 Å². The predicted molar refractivity (Wildman–Crippen MR) is 98.3 cm³/mol. The minimum Gasteiger partial charge on any atom is -0.375 e. The summed E-state index contributed by atoms with van der Waals surface area (Å²) in [7, 11) is 0. The average molecular weight is 358 g/mol. The second-order valence-electron chi connectivity index (χ2n) is 7.08. The molecule has 8 heteroatoms. The van der Waals surface area contributed by atoms with Crippen molar-refractivity contribution >= 4 is 17.4 Å². The number of nitrogens with one attached hydrogen (secondary N) is 1. The van der Waals surface area contributed by atoms with E-state index in [4.69, 9.17) is 4.74 Å². The number of anilines is 1. The number of pyridine rings is 1. The Hall–Kier alpha value is -2.19. The molecule has 0 aliphatic carbocycles. The number of carbonyl (C=O) groups is 1. The maximum atomic E-state index is 12.8. The number of aromatic nitrogens is 3. The quantitative estimate of drug-likeness (QED) is 0.905. The molecule has 1 atom stereocenters. The highest BCUT2D eigenvalue weighted by atomic mass is 16.5. The summed E-state index contributed by atoms with van der Waals surface area (Å²) in [5.41, 5.74) is 1.34.